The van der Waals surface area contributed by atoms with Gasteiger partial charge in [-0.25, -0.2) is 9.74 Å². The van der Waals surface area contributed by atoms with Crippen LogP contribution in [-0.2, 0) is 4.94 Å². The van der Waals surface area contributed by atoms with Gasteiger partial charge in [-0.3, -0.25) is 0 Å². The molecule has 1 atom stereocenters. The second-order valence-electron chi connectivity index (χ2n) is 2.83. The number of benzene rings is 1. The molecule has 1 aromatic rings. The Bertz CT molecular complexity index is 355. The molecule has 1 unspecified atom stereocenters. The van der Waals surface area contributed by atoms with Gasteiger partial charge in [-0.1, -0.05) is 6.07 Å². The molecule has 3 nitrogen and oxygen atoms in total. The zero-order chi connectivity index (χ0) is 10.7. The van der Waals surface area contributed by atoms with Crippen LogP contribution in [0.25, 0.3) is 0 Å². The Labute approximate surface area is 85.5 Å². The maximum atomic E-state index is 11.6. The van der Waals surface area contributed by atoms with Crippen LogP contribution in [0.15, 0.2) is 18.2 Å². The standard InChI is InChI=1S/C9H9ClFNO2/c1-5(10)6-2-3-8(12)7(4-6)9(13)14-11/h2-5H,12H2,1H3. The van der Waals surface area contributed by atoms with Gasteiger partial charge < -0.3 is 5.73 Å². The van der Waals surface area contributed by atoms with Crippen LogP contribution in [-0.4, -0.2) is 5.97 Å². The third kappa shape index (κ3) is 2.14. The number of anilines is 1. The lowest BCUT2D eigenvalue weighted by Gasteiger charge is -2.06. The van der Waals surface area contributed by atoms with Crippen LogP contribution in [0.4, 0.5) is 10.2 Å². The molecule has 0 aliphatic rings. The Morgan fingerprint density at radius 1 is 1.64 bits per heavy atom. The lowest BCUT2D eigenvalue weighted by atomic mass is 10.1. The molecule has 0 heterocycles. The first-order valence-electron chi connectivity index (χ1n) is 3.92. The van der Waals surface area contributed by atoms with Crippen LogP contribution in [0.3, 0.4) is 0 Å². The van der Waals surface area contributed by atoms with Gasteiger partial charge >= 0.3 is 5.97 Å². The fourth-order valence-corrected chi connectivity index (χ4v) is 1.18. The minimum atomic E-state index is -1.11. The normalized spacial score (nSPS) is 12.2. The van der Waals surface area contributed by atoms with Gasteiger partial charge in [0.05, 0.1) is 10.9 Å². The summed E-state index contributed by atoms with van der Waals surface area (Å²) in [4.78, 5) is 14.0. The molecule has 0 aromatic heterocycles. The van der Waals surface area contributed by atoms with E-state index in [9.17, 15) is 9.32 Å². The molecule has 0 bridgehead atoms. The van der Waals surface area contributed by atoms with Crippen molar-refractivity contribution < 1.29 is 14.3 Å². The van der Waals surface area contributed by atoms with Crippen LogP contribution in [0.5, 0.6) is 0 Å². The number of rotatable bonds is 2. The number of nitrogen functional groups attached to an aromatic ring is 1. The molecule has 0 radical (unpaired) electrons. The first kappa shape index (κ1) is 10.8. The van der Waals surface area contributed by atoms with Crippen LogP contribution >= 0.6 is 11.6 Å². The first-order valence-corrected chi connectivity index (χ1v) is 4.36. The zero-order valence-electron chi connectivity index (χ0n) is 7.46. The molecule has 0 aliphatic heterocycles. The molecule has 1 aromatic carbocycles. The van der Waals surface area contributed by atoms with Crippen molar-refractivity contribution in [1.29, 1.82) is 0 Å². The van der Waals surface area contributed by atoms with E-state index in [-0.39, 0.29) is 16.6 Å². The summed E-state index contributed by atoms with van der Waals surface area (Å²) in [5.41, 5.74) is 6.28. The monoisotopic (exact) mass is 217 g/mol. The molecule has 14 heavy (non-hydrogen) atoms. The Morgan fingerprint density at radius 3 is 2.79 bits per heavy atom. The van der Waals surface area contributed by atoms with Gasteiger partial charge in [-0.05, 0) is 24.6 Å². The molecule has 0 amide bonds. The molecule has 0 spiro atoms. The van der Waals surface area contributed by atoms with E-state index in [1.807, 2.05) is 0 Å². The largest absolute Gasteiger partial charge is 0.398 e. The summed E-state index contributed by atoms with van der Waals surface area (Å²) in [6.07, 6.45) is 0. The van der Waals surface area contributed by atoms with E-state index in [0.717, 1.165) is 0 Å². The number of carbonyl (C=O) groups is 1. The number of hydrogen-bond donors (Lipinski definition) is 1. The van der Waals surface area contributed by atoms with Crippen LogP contribution < -0.4 is 5.73 Å². The third-order valence-electron chi connectivity index (χ3n) is 1.83. The Morgan fingerprint density at radius 2 is 2.29 bits per heavy atom. The lowest BCUT2D eigenvalue weighted by Crippen LogP contribution is -2.04. The topological polar surface area (TPSA) is 52.3 Å². The summed E-state index contributed by atoms with van der Waals surface area (Å²) in [6.45, 7) is 1.73. The molecule has 5 heteroatoms. The Kier molecular flexibility index (Phi) is 3.30. The highest BCUT2D eigenvalue weighted by atomic mass is 35.5. The third-order valence-corrected chi connectivity index (χ3v) is 2.08. The summed E-state index contributed by atoms with van der Waals surface area (Å²) >= 11 is 5.79. The molecule has 2 N–H and O–H groups in total. The highest BCUT2D eigenvalue weighted by molar-refractivity contribution is 6.20. The second kappa shape index (κ2) is 4.28. The Hall–Kier alpha value is -1.29. The number of hydrogen-bond acceptors (Lipinski definition) is 3. The number of nitrogens with two attached hydrogens (primary N) is 1. The lowest BCUT2D eigenvalue weighted by molar-refractivity contribution is -0.0787. The molecular weight excluding hydrogens is 209 g/mol. The van der Waals surface area contributed by atoms with Crippen LogP contribution in [0.2, 0.25) is 0 Å². The molecule has 0 saturated heterocycles. The summed E-state index contributed by atoms with van der Waals surface area (Å²) in [6, 6.07) is 4.57. The fourth-order valence-electron chi connectivity index (χ4n) is 1.04. The molecule has 1 rings (SSSR count). The van der Waals surface area contributed by atoms with Crippen molar-refractivity contribution in [2.75, 3.05) is 5.73 Å². The minimum absolute atomic E-state index is 0.0162. The van der Waals surface area contributed by atoms with Crippen LogP contribution in [0, 0.1) is 0 Å². The van der Waals surface area contributed by atoms with E-state index in [4.69, 9.17) is 17.3 Å². The summed E-state index contributed by atoms with van der Waals surface area (Å²) in [5, 5.41) is -0.276. The predicted octanol–water partition coefficient (Wildman–Crippen LogP) is 2.61. The van der Waals surface area contributed by atoms with Gasteiger partial charge in [-0.15, -0.1) is 11.6 Å². The number of carbonyl (C=O) groups excluding carboxylic acids is 1. The summed E-state index contributed by atoms with van der Waals surface area (Å²) in [7, 11) is 0. The van der Waals surface area contributed by atoms with Gasteiger partial charge in [0.25, 0.3) is 0 Å². The molecular formula is C9H9ClFNO2. The van der Waals surface area contributed by atoms with E-state index >= 15 is 0 Å². The predicted molar refractivity (Wildman–Crippen MR) is 51.6 cm³/mol. The van der Waals surface area contributed by atoms with Crippen molar-refractivity contribution in [1.82, 2.24) is 0 Å². The van der Waals surface area contributed by atoms with Gasteiger partial charge in [0.2, 0.25) is 0 Å². The molecule has 76 valence electrons. The maximum Gasteiger partial charge on any atom is 0.381 e. The van der Waals surface area contributed by atoms with Crippen molar-refractivity contribution in [2.45, 2.75) is 12.3 Å². The number of alkyl halides is 1. The summed E-state index contributed by atoms with van der Waals surface area (Å²) in [5.74, 6) is -1.11. The van der Waals surface area contributed by atoms with Gasteiger partial charge in [-0.2, -0.15) is 0 Å². The fraction of sp³-hybridized carbons (Fsp3) is 0.222. The number of halogens is 2. The quantitative estimate of drug-likeness (QED) is 0.612. The van der Waals surface area contributed by atoms with Gasteiger partial charge in [0, 0.05) is 10.2 Å². The highest BCUT2D eigenvalue weighted by Crippen LogP contribution is 2.23. The van der Waals surface area contributed by atoms with E-state index in [2.05, 4.69) is 4.94 Å². The highest BCUT2D eigenvalue weighted by Gasteiger charge is 2.14. The average Bonchev–Trinajstić information content (AvgIpc) is 2.17. The molecule has 0 aliphatic carbocycles. The Balaban J connectivity index is 3.15. The van der Waals surface area contributed by atoms with Crippen molar-refractivity contribution >= 4 is 23.3 Å². The van der Waals surface area contributed by atoms with E-state index < -0.39 is 5.97 Å². The first-order chi connectivity index (χ1) is 6.56. The molecule has 0 saturated carbocycles. The van der Waals surface area contributed by atoms with E-state index in [0.29, 0.717) is 5.56 Å². The van der Waals surface area contributed by atoms with Gasteiger partial charge in [0.15, 0.2) is 0 Å². The minimum Gasteiger partial charge on any atom is -0.398 e. The smallest absolute Gasteiger partial charge is 0.381 e. The summed E-state index contributed by atoms with van der Waals surface area (Å²) < 4.78 is 11.6. The average molecular weight is 218 g/mol. The van der Waals surface area contributed by atoms with Gasteiger partial charge in [0.1, 0.15) is 0 Å². The van der Waals surface area contributed by atoms with Crippen LogP contribution in [0.1, 0.15) is 28.2 Å². The zero-order valence-corrected chi connectivity index (χ0v) is 8.22. The van der Waals surface area contributed by atoms with Crippen molar-refractivity contribution in [3.63, 3.8) is 0 Å². The van der Waals surface area contributed by atoms with E-state index in [1.165, 1.54) is 12.1 Å². The maximum absolute atomic E-state index is 11.6. The van der Waals surface area contributed by atoms with Crippen molar-refractivity contribution in [3.05, 3.63) is 29.3 Å². The SMILES string of the molecule is CC(Cl)c1ccc(N)c(C(=O)OF)c1. The van der Waals surface area contributed by atoms with Crippen molar-refractivity contribution in [2.24, 2.45) is 0 Å². The second-order valence-corrected chi connectivity index (χ2v) is 3.48. The van der Waals surface area contributed by atoms with E-state index in [1.54, 1.807) is 13.0 Å². The van der Waals surface area contributed by atoms with Crippen molar-refractivity contribution in [3.8, 4) is 0 Å². The molecule has 0 fully saturated rings.